The second-order valence-corrected chi connectivity index (χ2v) is 5.24. The standard InChI is InChI=1S/C15H23NO3/c1-10(2)5-6-11(3)16-13-9-12(15(17)18)7-8-14(13)19-4/h7-11,16H,5-6H2,1-4H3,(H,17,18). The lowest BCUT2D eigenvalue weighted by atomic mass is 10.0. The number of hydrogen-bond acceptors (Lipinski definition) is 3. The van der Waals surface area contributed by atoms with E-state index in [1.807, 2.05) is 0 Å². The zero-order chi connectivity index (χ0) is 14.4. The van der Waals surface area contributed by atoms with Crippen LogP contribution in [0, 0.1) is 5.92 Å². The molecule has 1 aromatic rings. The summed E-state index contributed by atoms with van der Waals surface area (Å²) in [5, 5.41) is 12.3. The molecule has 0 aliphatic carbocycles. The number of carboxylic acid groups (broad SMARTS) is 1. The third-order valence-electron chi connectivity index (χ3n) is 3.03. The van der Waals surface area contributed by atoms with Crippen molar-refractivity contribution in [3.05, 3.63) is 23.8 Å². The van der Waals surface area contributed by atoms with E-state index < -0.39 is 5.97 Å². The largest absolute Gasteiger partial charge is 0.495 e. The molecule has 0 amide bonds. The SMILES string of the molecule is COc1ccc(C(=O)O)cc1NC(C)CCC(C)C. The fraction of sp³-hybridized carbons (Fsp3) is 0.533. The van der Waals surface area contributed by atoms with E-state index in [2.05, 4.69) is 26.1 Å². The van der Waals surface area contributed by atoms with Gasteiger partial charge in [0.1, 0.15) is 5.75 Å². The summed E-state index contributed by atoms with van der Waals surface area (Å²) in [6.45, 7) is 6.48. The lowest BCUT2D eigenvalue weighted by Crippen LogP contribution is -2.16. The number of aromatic carboxylic acids is 1. The lowest BCUT2D eigenvalue weighted by molar-refractivity contribution is 0.0697. The Hall–Kier alpha value is -1.71. The molecule has 0 heterocycles. The molecular formula is C15H23NO3. The molecule has 0 aromatic heterocycles. The molecule has 4 nitrogen and oxygen atoms in total. The molecule has 1 rings (SSSR count). The zero-order valence-electron chi connectivity index (χ0n) is 12.1. The van der Waals surface area contributed by atoms with Gasteiger partial charge in [0, 0.05) is 6.04 Å². The maximum atomic E-state index is 11.0. The summed E-state index contributed by atoms with van der Waals surface area (Å²) in [6.07, 6.45) is 2.17. The van der Waals surface area contributed by atoms with Crippen LogP contribution in [0.2, 0.25) is 0 Å². The average Bonchev–Trinajstić information content (AvgIpc) is 2.36. The van der Waals surface area contributed by atoms with E-state index in [-0.39, 0.29) is 11.6 Å². The number of ether oxygens (including phenoxy) is 1. The molecular weight excluding hydrogens is 242 g/mol. The van der Waals surface area contributed by atoms with Crippen LogP contribution in [-0.4, -0.2) is 24.2 Å². The van der Waals surface area contributed by atoms with Crippen molar-refractivity contribution in [2.45, 2.75) is 39.7 Å². The number of rotatable bonds is 7. The van der Waals surface area contributed by atoms with E-state index in [0.717, 1.165) is 18.5 Å². The molecule has 0 aliphatic heterocycles. The van der Waals surface area contributed by atoms with Crippen molar-refractivity contribution in [1.29, 1.82) is 0 Å². The van der Waals surface area contributed by atoms with Gasteiger partial charge in [0.2, 0.25) is 0 Å². The van der Waals surface area contributed by atoms with Crippen molar-refractivity contribution < 1.29 is 14.6 Å². The summed E-state index contributed by atoms with van der Waals surface area (Å²) in [4.78, 5) is 11.0. The number of carboxylic acids is 1. The smallest absolute Gasteiger partial charge is 0.335 e. The first-order valence-corrected chi connectivity index (χ1v) is 6.62. The van der Waals surface area contributed by atoms with Crippen LogP contribution in [0.4, 0.5) is 5.69 Å². The molecule has 19 heavy (non-hydrogen) atoms. The van der Waals surface area contributed by atoms with Crippen molar-refractivity contribution >= 4 is 11.7 Å². The van der Waals surface area contributed by atoms with Gasteiger partial charge in [0.05, 0.1) is 18.4 Å². The first-order chi connectivity index (χ1) is 8.93. The lowest BCUT2D eigenvalue weighted by Gasteiger charge is -2.18. The van der Waals surface area contributed by atoms with E-state index >= 15 is 0 Å². The molecule has 0 aliphatic rings. The molecule has 0 spiro atoms. The molecule has 106 valence electrons. The summed E-state index contributed by atoms with van der Waals surface area (Å²) in [7, 11) is 1.58. The maximum Gasteiger partial charge on any atom is 0.335 e. The van der Waals surface area contributed by atoms with Gasteiger partial charge in [-0.05, 0) is 43.9 Å². The van der Waals surface area contributed by atoms with E-state index in [1.54, 1.807) is 25.3 Å². The highest BCUT2D eigenvalue weighted by atomic mass is 16.5. The number of carbonyl (C=O) groups is 1. The Balaban J connectivity index is 2.79. The molecule has 0 radical (unpaired) electrons. The monoisotopic (exact) mass is 265 g/mol. The molecule has 4 heteroatoms. The molecule has 1 unspecified atom stereocenters. The molecule has 1 aromatic carbocycles. The van der Waals surface area contributed by atoms with Gasteiger partial charge in [-0.25, -0.2) is 4.79 Å². The predicted octanol–water partition coefficient (Wildman–Crippen LogP) is 3.63. The zero-order valence-corrected chi connectivity index (χ0v) is 12.1. The van der Waals surface area contributed by atoms with Gasteiger partial charge in [-0.2, -0.15) is 0 Å². The van der Waals surface area contributed by atoms with Crippen molar-refractivity contribution in [2.24, 2.45) is 5.92 Å². The van der Waals surface area contributed by atoms with Crippen LogP contribution in [-0.2, 0) is 0 Å². The van der Waals surface area contributed by atoms with Crippen molar-refractivity contribution in [3.8, 4) is 5.75 Å². The van der Waals surface area contributed by atoms with E-state index in [0.29, 0.717) is 11.7 Å². The highest BCUT2D eigenvalue weighted by Gasteiger charge is 2.11. The highest BCUT2D eigenvalue weighted by molar-refractivity contribution is 5.89. The second kappa shape index (κ2) is 7.02. The Morgan fingerprint density at radius 3 is 2.53 bits per heavy atom. The van der Waals surface area contributed by atoms with Gasteiger partial charge in [-0.15, -0.1) is 0 Å². The van der Waals surface area contributed by atoms with Gasteiger partial charge in [0.15, 0.2) is 0 Å². The van der Waals surface area contributed by atoms with Gasteiger partial charge >= 0.3 is 5.97 Å². The van der Waals surface area contributed by atoms with Crippen molar-refractivity contribution in [2.75, 3.05) is 12.4 Å². The summed E-state index contributed by atoms with van der Waals surface area (Å²) in [6, 6.07) is 5.12. The van der Waals surface area contributed by atoms with E-state index in [9.17, 15) is 4.79 Å². The minimum Gasteiger partial charge on any atom is -0.495 e. The normalized spacial score (nSPS) is 12.3. The fourth-order valence-corrected chi connectivity index (χ4v) is 1.87. The summed E-state index contributed by atoms with van der Waals surface area (Å²) < 4.78 is 5.25. The number of anilines is 1. The maximum absolute atomic E-state index is 11.0. The first kappa shape index (κ1) is 15.3. The molecule has 2 N–H and O–H groups in total. The predicted molar refractivity (Wildman–Crippen MR) is 77.1 cm³/mol. The van der Waals surface area contributed by atoms with Crippen LogP contribution in [0.15, 0.2) is 18.2 Å². The fourth-order valence-electron chi connectivity index (χ4n) is 1.87. The minimum atomic E-state index is -0.930. The number of methoxy groups -OCH3 is 1. The van der Waals surface area contributed by atoms with Crippen LogP contribution in [0.5, 0.6) is 5.75 Å². The molecule has 0 bridgehead atoms. The van der Waals surface area contributed by atoms with E-state index in [1.165, 1.54) is 0 Å². The Morgan fingerprint density at radius 1 is 1.32 bits per heavy atom. The second-order valence-electron chi connectivity index (χ2n) is 5.24. The molecule has 1 atom stereocenters. The Morgan fingerprint density at radius 2 is 2.00 bits per heavy atom. The van der Waals surface area contributed by atoms with Gasteiger partial charge < -0.3 is 15.2 Å². The van der Waals surface area contributed by atoms with Gasteiger partial charge in [-0.1, -0.05) is 13.8 Å². The summed E-state index contributed by atoms with van der Waals surface area (Å²) >= 11 is 0. The van der Waals surface area contributed by atoms with Crippen molar-refractivity contribution in [1.82, 2.24) is 0 Å². The van der Waals surface area contributed by atoms with E-state index in [4.69, 9.17) is 9.84 Å². The summed E-state index contributed by atoms with van der Waals surface area (Å²) in [5.41, 5.74) is 0.998. The topological polar surface area (TPSA) is 58.6 Å². The Bertz CT molecular complexity index is 429. The van der Waals surface area contributed by atoms with Crippen LogP contribution in [0.25, 0.3) is 0 Å². The van der Waals surface area contributed by atoms with Gasteiger partial charge in [0.25, 0.3) is 0 Å². The average molecular weight is 265 g/mol. The van der Waals surface area contributed by atoms with Crippen LogP contribution >= 0.6 is 0 Å². The molecule has 0 fully saturated rings. The third-order valence-corrected chi connectivity index (χ3v) is 3.03. The van der Waals surface area contributed by atoms with Crippen LogP contribution < -0.4 is 10.1 Å². The van der Waals surface area contributed by atoms with Gasteiger partial charge in [-0.3, -0.25) is 0 Å². The molecule has 0 saturated carbocycles. The number of benzene rings is 1. The minimum absolute atomic E-state index is 0.263. The Kier molecular flexibility index (Phi) is 5.67. The van der Waals surface area contributed by atoms with Crippen LogP contribution in [0.1, 0.15) is 44.0 Å². The third kappa shape index (κ3) is 4.81. The van der Waals surface area contributed by atoms with Crippen molar-refractivity contribution in [3.63, 3.8) is 0 Å². The highest BCUT2D eigenvalue weighted by Crippen LogP contribution is 2.27. The first-order valence-electron chi connectivity index (χ1n) is 6.62. The number of hydrogen-bond donors (Lipinski definition) is 2. The Labute approximate surface area is 114 Å². The molecule has 0 saturated heterocycles. The summed E-state index contributed by atoms with van der Waals surface area (Å²) in [5.74, 6) is 0.401. The van der Waals surface area contributed by atoms with Crippen LogP contribution in [0.3, 0.4) is 0 Å². The number of nitrogens with one attached hydrogen (secondary N) is 1. The quantitative estimate of drug-likeness (QED) is 0.790.